The molecule has 0 radical (unpaired) electrons. The molecule has 0 N–H and O–H groups in total. The smallest absolute Gasteiger partial charge is 0.186 e. The molecule has 0 bridgehead atoms. The maximum absolute atomic E-state index is 12.0. The van der Waals surface area contributed by atoms with Crippen molar-refractivity contribution >= 4 is 66.9 Å². The highest BCUT2D eigenvalue weighted by Gasteiger charge is 2.13. The van der Waals surface area contributed by atoms with Crippen molar-refractivity contribution in [3.05, 3.63) is 68.8 Å². The molecule has 28 heavy (non-hydrogen) atoms. The molecular formula is C21H17BrO4S2. The van der Waals surface area contributed by atoms with Gasteiger partial charge in [-0.2, -0.15) is 0 Å². The molecule has 4 aromatic rings. The van der Waals surface area contributed by atoms with Crippen molar-refractivity contribution < 1.29 is 18.1 Å². The fourth-order valence-electron chi connectivity index (χ4n) is 2.97. The second kappa shape index (κ2) is 8.29. The topological polar surface area (TPSA) is 58.6 Å². The van der Waals surface area contributed by atoms with Crippen LogP contribution in [0.2, 0.25) is 0 Å². The van der Waals surface area contributed by atoms with E-state index in [9.17, 15) is 4.55 Å². The van der Waals surface area contributed by atoms with Crippen molar-refractivity contribution in [1.82, 2.24) is 0 Å². The Labute approximate surface area is 178 Å². The third kappa shape index (κ3) is 3.98. The molecule has 0 fully saturated rings. The normalized spacial score (nSPS) is 13.4. The SMILES string of the molecule is CS/C(=C\c1cc2ccoc2cc1OCc1cc(Br)c2occc2c1)[S+](C)[O-]. The number of rotatable bonds is 6. The molecule has 1 unspecified atom stereocenters. The third-order valence-corrected chi connectivity index (χ3v) is 7.30. The molecule has 2 aromatic heterocycles. The van der Waals surface area contributed by atoms with E-state index >= 15 is 0 Å². The van der Waals surface area contributed by atoms with Gasteiger partial charge in [-0.1, -0.05) is 11.8 Å². The molecule has 0 aliphatic heterocycles. The minimum absolute atomic E-state index is 0.386. The van der Waals surface area contributed by atoms with Gasteiger partial charge in [0.2, 0.25) is 0 Å². The maximum Gasteiger partial charge on any atom is 0.186 e. The molecule has 2 heterocycles. The number of ether oxygens (including phenoxy) is 1. The minimum atomic E-state index is -1.06. The Balaban J connectivity index is 1.69. The molecular weight excluding hydrogens is 460 g/mol. The van der Waals surface area contributed by atoms with Crippen molar-refractivity contribution in [2.24, 2.45) is 0 Å². The second-order valence-corrected chi connectivity index (χ2v) is 9.48. The lowest BCUT2D eigenvalue weighted by atomic mass is 10.1. The Hall–Kier alpha value is -1.80. The maximum atomic E-state index is 12.0. The van der Waals surface area contributed by atoms with Gasteiger partial charge in [0.15, 0.2) is 4.24 Å². The Morgan fingerprint density at radius 2 is 1.96 bits per heavy atom. The molecule has 0 amide bonds. The highest BCUT2D eigenvalue weighted by Crippen LogP contribution is 2.33. The fraction of sp³-hybridized carbons (Fsp3) is 0.143. The lowest BCUT2D eigenvalue weighted by Gasteiger charge is -2.12. The van der Waals surface area contributed by atoms with Crippen LogP contribution in [0, 0.1) is 0 Å². The summed E-state index contributed by atoms with van der Waals surface area (Å²) in [6.07, 6.45) is 8.83. The van der Waals surface area contributed by atoms with Crippen LogP contribution in [0.3, 0.4) is 0 Å². The largest absolute Gasteiger partial charge is 0.611 e. The van der Waals surface area contributed by atoms with Crippen molar-refractivity contribution in [1.29, 1.82) is 0 Å². The Kier molecular flexibility index (Phi) is 5.78. The Morgan fingerprint density at radius 1 is 1.18 bits per heavy atom. The first-order valence-electron chi connectivity index (χ1n) is 8.44. The van der Waals surface area contributed by atoms with E-state index in [0.717, 1.165) is 41.8 Å². The van der Waals surface area contributed by atoms with E-state index in [1.54, 1.807) is 18.8 Å². The summed E-state index contributed by atoms with van der Waals surface area (Å²) in [5.41, 5.74) is 3.46. The van der Waals surface area contributed by atoms with Crippen LogP contribution in [0.1, 0.15) is 11.1 Å². The van der Waals surface area contributed by atoms with Crippen LogP contribution in [-0.2, 0) is 17.8 Å². The van der Waals surface area contributed by atoms with Gasteiger partial charge < -0.3 is 18.1 Å². The number of benzene rings is 2. The summed E-state index contributed by atoms with van der Waals surface area (Å²) in [4.78, 5) is 0. The summed E-state index contributed by atoms with van der Waals surface area (Å²) in [5.74, 6) is 0.683. The number of hydrogen-bond acceptors (Lipinski definition) is 5. The van der Waals surface area contributed by atoms with Crippen LogP contribution in [0.4, 0.5) is 0 Å². The highest BCUT2D eigenvalue weighted by atomic mass is 79.9. The lowest BCUT2D eigenvalue weighted by molar-refractivity contribution is 0.305. The standard InChI is InChI=1S/C21H17BrO4S2/c1-27-20(28(2)23)10-16-9-14-3-5-24-18(14)11-19(16)26-12-13-7-15-4-6-25-21(15)17(22)8-13/h3-11H,12H2,1-2H3/b20-10+. The summed E-state index contributed by atoms with van der Waals surface area (Å²) in [7, 11) is 0. The number of fused-ring (bicyclic) bond motifs is 2. The summed E-state index contributed by atoms with van der Waals surface area (Å²) in [6.45, 7) is 0.386. The van der Waals surface area contributed by atoms with E-state index in [0.29, 0.717) is 12.4 Å². The first-order chi connectivity index (χ1) is 13.5. The summed E-state index contributed by atoms with van der Waals surface area (Å²) in [6, 6.07) is 11.7. The zero-order valence-corrected chi connectivity index (χ0v) is 18.4. The van der Waals surface area contributed by atoms with Gasteiger partial charge in [0, 0.05) is 28.5 Å². The summed E-state index contributed by atoms with van der Waals surface area (Å²) in [5, 5.41) is 1.99. The average molecular weight is 477 g/mol. The van der Waals surface area contributed by atoms with Crippen molar-refractivity contribution in [2.75, 3.05) is 12.5 Å². The van der Waals surface area contributed by atoms with Gasteiger partial charge in [-0.3, -0.25) is 0 Å². The minimum Gasteiger partial charge on any atom is -0.611 e. The van der Waals surface area contributed by atoms with Crippen molar-refractivity contribution in [3.63, 3.8) is 0 Å². The van der Waals surface area contributed by atoms with E-state index in [2.05, 4.69) is 15.9 Å². The van der Waals surface area contributed by atoms with Crippen LogP contribution in [0.15, 0.2) is 66.5 Å². The monoisotopic (exact) mass is 476 g/mol. The van der Waals surface area contributed by atoms with Crippen LogP contribution >= 0.6 is 27.7 Å². The first kappa shape index (κ1) is 19.5. The predicted octanol–water partition coefficient (Wildman–Crippen LogP) is 6.56. The van der Waals surface area contributed by atoms with Gasteiger partial charge in [0.05, 0.1) is 17.0 Å². The molecule has 7 heteroatoms. The quantitative estimate of drug-likeness (QED) is 0.295. The lowest BCUT2D eigenvalue weighted by Crippen LogP contribution is -2.00. The van der Waals surface area contributed by atoms with Gasteiger partial charge in [-0.05, 0) is 69.3 Å². The van der Waals surface area contributed by atoms with Crippen LogP contribution < -0.4 is 4.74 Å². The molecule has 0 saturated heterocycles. The highest BCUT2D eigenvalue weighted by molar-refractivity contribution is 9.10. The third-order valence-electron chi connectivity index (χ3n) is 4.30. The molecule has 2 aromatic carbocycles. The molecule has 0 aliphatic rings. The van der Waals surface area contributed by atoms with E-state index in [1.807, 2.05) is 48.7 Å². The van der Waals surface area contributed by atoms with Crippen LogP contribution in [0.5, 0.6) is 5.75 Å². The first-order valence-corrected chi connectivity index (χ1v) is 12.0. The van der Waals surface area contributed by atoms with E-state index in [4.69, 9.17) is 13.6 Å². The average Bonchev–Trinajstić information content (AvgIpc) is 3.32. The van der Waals surface area contributed by atoms with Gasteiger partial charge in [0.25, 0.3) is 0 Å². The Morgan fingerprint density at radius 3 is 2.75 bits per heavy atom. The van der Waals surface area contributed by atoms with Gasteiger partial charge in [-0.25, -0.2) is 0 Å². The van der Waals surface area contributed by atoms with Gasteiger partial charge >= 0.3 is 0 Å². The zero-order chi connectivity index (χ0) is 19.7. The molecule has 0 aliphatic carbocycles. The molecule has 144 valence electrons. The molecule has 0 spiro atoms. The number of furan rings is 2. The fourth-order valence-corrected chi connectivity index (χ4v) is 5.07. The molecule has 4 nitrogen and oxygen atoms in total. The number of hydrogen-bond donors (Lipinski definition) is 0. The summed E-state index contributed by atoms with van der Waals surface area (Å²) < 4.78 is 30.8. The zero-order valence-electron chi connectivity index (χ0n) is 15.2. The van der Waals surface area contributed by atoms with E-state index < -0.39 is 11.2 Å². The van der Waals surface area contributed by atoms with Crippen molar-refractivity contribution in [3.8, 4) is 5.75 Å². The Bertz CT molecular complexity index is 1160. The number of halogens is 1. The molecule has 4 rings (SSSR count). The molecule has 1 atom stereocenters. The predicted molar refractivity (Wildman–Crippen MR) is 120 cm³/mol. The van der Waals surface area contributed by atoms with Gasteiger partial charge in [-0.15, -0.1) is 0 Å². The summed E-state index contributed by atoms with van der Waals surface area (Å²) >= 11 is 3.95. The number of thioether (sulfide) groups is 1. The van der Waals surface area contributed by atoms with Crippen LogP contribution in [0.25, 0.3) is 28.0 Å². The van der Waals surface area contributed by atoms with E-state index in [1.165, 1.54) is 11.8 Å². The van der Waals surface area contributed by atoms with Gasteiger partial charge in [0.1, 0.15) is 29.8 Å². The van der Waals surface area contributed by atoms with Crippen molar-refractivity contribution in [2.45, 2.75) is 6.61 Å². The van der Waals surface area contributed by atoms with Crippen LogP contribution in [-0.4, -0.2) is 17.1 Å². The van der Waals surface area contributed by atoms with E-state index in [-0.39, 0.29) is 0 Å². The molecule has 0 saturated carbocycles. The second-order valence-electron chi connectivity index (χ2n) is 6.18.